The third-order valence-electron chi connectivity index (χ3n) is 14.0. The molecule has 0 saturated carbocycles. The van der Waals surface area contributed by atoms with Gasteiger partial charge in [-0.3, -0.25) is 4.98 Å². The molecule has 7 heteroatoms. The number of para-hydroxylation sites is 3. The average Bonchev–Trinajstić information content (AvgIpc) is 3.94. The van der Waals surface area contributed by atoms with E-state index >= 15 is 0 Å². The SMILES string of the molecule is Cn1c(-c2[c-]c([Si](c3[c-]c(-n4c5ccccc5c5c6c(cnc54)C(c4ccccc4)(c4ccccc4)c4ccccc4S6)ccc3)(c3ccccc3)c3ccccc3)ccc2)nc2ccccc21.[Pd+2]. The van der Waals surface area contributed by atoms with Crippen molar-refractivity contribution in [2.24, 2.45) is 7.05 Å². The third kappa shape index (κ3) is 6.53. The number of benzene rings is 9. The summed E-state index contributed by atoms with van der Waals surface area (Å²) in [7, 11) is -1.05. The van der Waals surface area contributed by atoms with Gasteiger partial charge in [0.15, 0.2) is 0 Å². The number of rotatable bonds is 8. The molecule has 0 aliphatic carbocycles. The molecule has 0 spiro atoms. The van der Waals surface area contributed by atoms with Crippen LogP contribution in [0.5, 0.6) is 0 Å². The first-order chi connectivity index (χ1) is 33.7. The maximum atomic E-state index is 5.59. The number of aromatic nitrogens is 4. The Morgan fingerprint density at radius 1 is 0.522 bits per heavy atom. The topological polar surface area (TPSA) is 35.6 Å². The predicted molar refractivity (Wildman–Crippen MR) is 282 cm³/mol. The summed E-state index contributed by atoms with van der Waals surface area (Å²) in [4.78, 5) is 13.2. The molecule has 1 aliphatic heterocycles. The summed E-state index contributed by atoms with van der Waals surface area (Å²) in [6, 6.07) is 91.6. The number of hydrogen-bond acceptors (Lipinski definition) is 3. The minimum atomic E-state index is -3.14. The molecule has 0 radical (unpaired) electrons. The summed E-state index contributed by atoms with van der Waals surface area (Å²) in [6.07, 6.45) is 2.16. The maximum Gasteiger partial charge on any atom is 2.00 e. The molecular weight excluding hydrogens is 967 g/mol. The first kappa shape index (κ1) is 42.9. The zero-order valence-electron chi connectivity index (χ0n) is 37.5. The van der Waals surface area contributed by atoms with Crippen LogP contribution in [-0.4, -0.2) is 27.2 Å². The van der Waals surface area contributed by atoms with E-state index in [2.05, 4.69) is 259 Å². The van der Waals surface area contributed by atoms with Crippen LogP contribution in [0.4, 0.5) is 0 Å². The van der Waals surface area contributed by atoms with E-state index in [1.165, 1.54) is 42.4 Å². The Morgan fingerprint density at radius 3 is 1.77 bits per heavy atom. The van der Waals surface area contributed by atoms with Gasteiger partial charge in [0.1, 0.15) is 13.7 Å². The molecule has 9 aromatic carbocycles. The van der Waals surface area contributed by atoms with E-state index in [4.69, 9.17) is 9.97 Å². The molecular formula is C62H42N4PdSSi. The molecule has 0 fully saturated rings. The van der Waals surface area contributed by atoms with Gasteiger partial charge in [0.2, 0.25) is 0 Å². The summed E-state index contributed by atoms with van der Waals surface area (Å²) < 4.78 is 4.53. The normalized spacial score (nSPS) is 12.9. The summed E-state index contributed by atoms with van der Waals surface area (Å²) >= 11 is 1.86. The molecule has 69 heavy (non-hydrogen) atoms. The van der Waals surface area contributed by atoms with Crippen LogP contribution in [0.1, 0.15) is 22.3 Å². The van der Waals surface area contributed by atoms with Crippen molar-refractivity contribution in [3.63, 3.8) is 0 Å². The smallest absolute Gasteiger partial charge is 0.367 e. The molecule has 0 atom stereocenters. The van der Waals surface area contributed by atoms with Gasteiger partial charge in [-0.1, -0.05) is 187 Å². The molecule has 4 heterocycles. The Hall–Kier alpha value is -7.37. The average molecular weight is 1010 g/mol. The third-order valence-corrected chi connectivity index (χ3v) is 19.8. The largest absolute Gasteiger partial charge is 2.00 e. The standard InChI is InChI=1S/C62H42N4SSi.Pd/c1-65-56-38-18-16-36-54(56)64-60(65)43-22-20-32-49(40-43)68(47-28-10-4-11-29-47,48-30-12-5-13-31-48)50-33-21-27-46(41-50)66-55-37-17-14-34-51(55)58-59-53(42-63-61(58)66)62(44-23-6-2-7-24-44,45-25-8-3-9-26-45)52-35-15-19-39-57(52)67-59;/h2-39,42H,1H3;/q-2;+2. The van der Waals surface area contributed by atoms with Crippen LogP contribution in [0.25, 0.3) is 50.0 Å². The second-order valence-electron chi connectivity index (χ2n) is 17.5. The van der Waals surface area contributed by atoms with E-state index < -0.39 is 13.5 Å². The minimum Gasteiger partial charge on any atom is -0.367 e. The zero-order chi connectivity index (χ0) is 45.2. The number of pyridine rings is 1. The van der Waals surface area contributed by atoms with Gasteiger partial charge in [0.05, 0.1) is 27.8 Å². The Morgan fingerprint density at radius 2 is 1.09 bits per heavy atom. The number of imidazole rings is 1. The quantitative estimate of drug-likeness (QED) is 0.0864. The van der Waals surface area contributed by atoms with Crippen molar-refractivity contribution >= 4 is 73.6 Å². The van der Waals surface area contributed by atoms with Gasteiger partial charge in [0, 0.05) is 39.4 Å². The van der Waals surface area contributed by atoms with Gasteiger partial charge in [-0.15, -0.1) is 41.1 Å². The van der Waals surface area contributed by atoms with Crippen molar-refractivity contribution in [3.8, 4) is 17.1 Å². The molecule has 0 amide bonds. The van der Waals surface area contributed by atoms with Crippen molar-refractivity contribution in [2.75, 3.05) is 0 Å². The monoisotopic (exact) mass is 1010 g/mol. The fraction of sp³-hybridized carbons (Fsp3) is 0.0323. The summed E-state index contributed by atoms with van der Waals surface area (Å²) in [6.45, 7) is 0. The molecule has 330 valence electrons. The molecule has 0 unspecified atom stereocenters. The van der Waals surface area contributed by atoms with Crippen molar-refractivity contribution < 1.29 is 20.4 Å². The van der Waals surface area contributed by atoms with Crippen molar-refractivity contribution in [2.45, 2.75) is 15.2 Å². The van der Waals surface area contributed by atoms with Crippen LogP contribution in [-0.2, 0) is 32.9 Å². The van der Waals surface area contributed by atoms with Crippen LogP contribution in [0, 0.1) is 12.1 Å². The first-order valence-electron chi connectivity index (χ1n) is 23.1. The predicted octanol–water partition coefficient (Wildman–Crippen LogP) is 11.6. The molecule has 12 aromatic rings. The number of nitrogens with zero attached hydrogens (tertiary/aromatic N) is 4. The molecule has 3 aromatic heterocycles. The van der Waals surface area contributed by atoms with Gasteiger partial charge >= 0.3 is 20.4 Å². The summed E-state index contributed by atoms with van der Waals surface area (Å²) in [5.41, 5.74) is 10.2. The van der Waals surface area contributed by atoms with Crippen LogP contribution in [0.3, 0.4) is 0 Å². The van der Waals surface area contributed by atoms with E-state index in [-0.39, 0.29) is 20.4 Å². The molecule has 4 nitrogen and oxygen atoms in total. The summed E-state index contributed by atoms with van der Waals surface area (Å²) in [5.74, 6) is 0.888. The second-order valence-corrected chi connectivity index (χ2v) is 22.3. The second kappa shape index (κ2) is 17.3. The number of hydrogen-bond donors (Lipinski definition) is 0. The van der Waals surface area contributed by atoms with Gasteiger partial charge in [0.25, 0.3) is 0 Å². The molecule has 1 aliphatic rings. The van der Waals surface area contributed by atoms with E-state index in [0.29, 0.717) is 0 Å². The van der Waals surface area contributed by atoms with Gasteiger partial charge in [-0.05, 0) is 51.3 Å². The van der Waals surface area contributed by atoms with Crippen molar-refractivity contribution in [1.82, 2.24) is 19.1 Å². The fourth-order valence-corrected chi connectivity index (χ4v) is 17.0. The number of aryl methyl sites for hydroxylation is 1. The first-order valence-corrected chi connectivity index (χ1v) is 25.9. The van der Waals surface area contributed by atoms with Gasteiger partial charge in [-0.25, -0.2) is 4.98 Å². The van der Waals surface area contributed by atoms with E-state index in [1.807, 2.05) is 17.8 Å². The number of fused-ring (bicyclic) bond motifs is 7. The molecule has 13 rings (SSSR count). The van der Waals surface area contributed by atoms with Crippen molar-refractivity contribution in [1.29, 1.82) is 0 Å². The molecule has 0 bridgehead atoms. The van der Waals surface area contributed by atoms with E-state index in [0.717, 1.165) is 60.4 Å². The van der Waals surface area contributed by atoms with E-state index in [9.17, 15) is 0 Å². The van der Waals surface area contributed by atoms with Gasteiger partial charge in [-0.2, -0.15) is 23.4 Å². The van der Waals surface area contributed by atoms with Crippen LogP contribution in [0.15, 0.2) is 247 Å². The van der Waals surface area contributed by atoms with Crippen LogP contribution >= 0.6 is 11.8 Å². The molecule has 0 N–H and O–H groups in total. The van der Waals surface area contributed by atoms with Gasteiger partial charge < -0.3 is 9.13 Å². The minimum absolute atomic E-state index is 0. The zero-order valence-corrected chi connectivity index (χ0v) is 40.9. The van der Waals surface area contributed by atoms with E-state index in [1.54, 1.807) is 0 Å². The van der Waals surface area contributed by atoms with Crippen LogP contribution in [0.2, 0.25) is 0 Å². The molecule has 0 saturated heterocycles. The Balaban J connectivity index is 0.00000492. The Labute approximate surface area is 420 Å². The fourth-order valence-electron chi connectivity index (χ4n) is 11.1. The maximum absolute atomic E-state index is 5.59. The Kier molecular flexibility index (Phi) is 10.8. The summed E-state index contributed by atoms with van der Waals surface area (Å²) in [5, 5.41) is 7.07. The van der Waals surface area contributed by atoms with Crippen molar-refractivity contribution in [3.05, 3.63) is 271 Å². The Bertz CT molecular complexity index is 3770. The van der Waals surface area contributed by atoms with Crippen LogP contribution < -0.4 is 20.7 Å².